The summed E-state index contributed by atoms with van der Waals surface area (Å²) in [5, 5.41) is 8.67. The number of carbonyl (C=O) groups is 2. The molecule has 34 heavy (non-hydrogen) atoms. The van der Waals surface area contributed by atoms with Crippen LogP contribution in [0.5, 0.6) is 0 Å². The number of hydrogen-bond donors (Lipinski definition) is 0. The van der Waals surface area contributed by atoms with Gasteiger partial charge in [0.1, 0.15) is 5.82 Å². The van der Waals surface area contributed by atoms with Crippen molar-refractivity contribution in [3.05, 3.63) is 66.4 Å². The van der Waals surface area contributed by atoms with E-state index in [1.165, 1.54) is 18.4 Å². The largest absolute Gasteiger partial charge is 0.459 e. The minimum Gasteiger partial charge on any atom is -0.459 e. The SMILES string of the molecule is O=C(c1ccco1)N1CCN(C(=O)[C@@H]2CCCN(c3ccc(-c4ccc(F)cc4)nn3)C2)CC1. The van der Waals surface area contributed by atoms with Crippen molar-refractivity contribution in [1.29, 1.82) is 0 Å². The van der Waals surface area contributed by atoms with E-state index in [4.69, 9.17) is 4.42 Å². The highest BCUT2D eigenvalue weighted by Crippen LogP contribution is 2.25. The average molecular weight is 464 g/mol. The lowest BCUT2D eigenvalue weighted by atomic mass is 9.96. The normalized spacial score (nSPS) is 18.7. The Morgan fingerprint density at radius 3 is 2.35 bits per heavy atom. The van der Waals surface area contributed by atoms with Crippen LogP contribution in [0.25, 0.3) is 11.3 Å². The van der Waals surface area contributed by atoms with E-state index in [9.17, 15) is 14.0 Å². The summed E-state index contributed by atoms with van der Waals surface area (Å²) in [7, 11) is 0. The molecule has 0 unspecified atom stereocenters. The van der Waals surface area contributed by atoms with Gasteiger partial charge in [0.05, 0.1) is 17.9 Å². The van der Waals surface area contributed by atoms with Gasteiger partial charge in [-0.3, -0.25) is 9.59 Å². The average Bonchev–Trinajstić information content (AvgIpc) is 3.44. The first-order chi connectivity index (χ1) is 16.6. The fourth-order valence-corrected chi connectivity index (χ4v) is 4.60. The molecule has 2 aliphatic heterocycles. The molecule has 0 aliphatic carbocycles. The molecule has 0 bridgehead atoms. The van der Waals surface area contributed by atoms with Gasteiger partial charge in [-0.15, -0.1) is 10.2 Å². The number of furan rings is 1. The number of rotatable bonds is 4. The van der Waals surface area contributed by atoms with Crippen LogP contribution in [0.15, 0.2) is 59.2 Å². The van der Waals surface area contributed by atoms with E-state index in [2.05, 4.69) is 15.1 Å². The van der Waals surface area contributed by atoms with E-state index in [-0.39, 0.29) is 23.5 Å². The zero-order chi connectivity index (χ0) is 23.5. The van der Waals surface area contributed by atoms with Crippen LogP contribution in [0.3, 0.4) is 0 Å². The lowest BCUT2D eigenvalue weighted by Crippen LogP contribution is -2.53. The van der Waals surface area contributed by atoms with Crippen LogP contribution < -0.4 is 4.90 Å². The van der Waals surface area contributed by atoms with Crippen LogP contribution in [0.4, 0.5) is 10.2 Å². The van der Waals surface area contributed by atoms with Gasteiger partial charge < -0.3 is 19.1 Å². The fourth-order valence-electron chi connectivity index (χ4n) is 4.60. The summed E-state index contributed by atoms with van der Waals surface area (Å²) in [6, 6.07) is 13.3. The molecule has 1 aromatic carbocycles. The molecule has 176 valence electrons. The van der Waals surface area contributed by atoms with Gasteiger partial charge >= 0.3 is 0 Å². The molecular weight excluding hydrogens is 437 g/mol. The lowest BCUT2D eigenvalue weighted by molar-refractivity contribution is -0.137. The number of carbonyl (C=O) groups excluding carboxylic acids is 2. The maximum Gasteiger partial charge on any atom is 0.289 e. The molecule has 2 aromatic heterocycles. The van der Waals surface area contributed by atoms with E-state index < -0.39 is 0 Å². The van der Waals surface area contributed by atoms with Crippen LogP contribution >= 0.6 is 0 Å². The molecule has 1 atom stereocenters. The zero-order valence-electron chi connectivity index (χ0n) is 18.8. The Morgan fingerprint density at radius 2 is 1.68 bits per heavy atom. The van der Waals surface area contributed by atoms with Crippen molar-refractivity contribution in [2.45, 2.75) is 12.8 Å². The third kappa shape index (κ3) is 4.64. The highest BCUT2D eigenvalue weighted by molar-refractivity contribution is 5.91. The Morgan fingerprint density at radius 1 is 0.912 bits per heavy atom. The molecule has 3 aromatic rings. The highest BCUT2D eigenvalue weighted by atomic mass is 19.1. The second-order valence-corrected chi connectivity index (χ2v) is 8.66. The smallest absolute Gasteiger partial charge is 0.289 e. The van der Waals surface area contributed by atoms with E-state index in [1.807, 2.05) is 17.0 Å². The number of piperidine rings is 1. The highest BCUT2D eigenvalue weighted by Gasteiger charge is 2.33. The standard InChI is InChI=1S/C25H26FN5O3/c26-20-7-5-18(6-8-20)21-9-10-23(28-27-21)31-11-1-3-19(17-31)24(32)29-12-14-30(15-13-29)25(33)22-4-2-16-34-22/h2,4-10,16,19H,1,3,11-15,17H2/t19-/m1/s1. The second-order valence-electron chi connectivity index (χ2n) is 8.66. The maximum absolute atomic E-state index is 13.2. The summed E-state index contributed by atoms with van der Waals surface area (Å²) in [4.78, 5) is 31.4. The molecule has 9 heteroatoms. The summed E-state index contributed by atoms with van der Waals surface area (Å²) in [5.74, 6) is 0.656. The number of anilines is 1. The molecular formula is C25H26FN5O3. The summed E-state index contributed by atoms with van der Waals surface area (Å²) < 4.78 is 18.4. The van der Waals surface area contributed by atoms with Crippen LogP contribution in [-0.2, 0) is 4.79 Å². The first-order valence-corrected chi connectivity index (χ1v) is 11.5. The lowest BCUT2D eigenvalue weighted by Gasteiger charge is -2.39. The van der Waals surface area contributed by atoms with Gasteiger partial charge in [-0.1, -0.05) is 0 Å². The molecule has 0 saturated carbocycles. The number of hydrogen-bond acceptors (Lipinski definition) is 6. The first-order valence-electron chi connectivity index (χ1n) is 11.5. The summed E-state index contributed by atoms with van der Waals surface area (Å²) in [6.45, 7) is 3.45. The van der Waals surface area contributed by atoms with Gasteiger partial charge in [0.15, 0.2) is 11.6 Å². The second kappa shape index (κ2) is 9.62. The summed E-state index contributed by atoms with van der Waals surface area (Å²) in [5.41, 5.74) is 1.48. The third-order valence-corrected chi connectivity index (χ3v) is 6.50. The van der Waals surface area contributed by atoms with E-state index in [0.717, 1.165) is 30.8 Å². The van der Waals surface area contributed by atoms with Crippen molar-refractivity contribution >= 4 is 17.6 Å². The number of aromatic nitrogens is 2. The van der Waals surface area contributed by atoms with Crippen LogP contribution in [-0.4, -0.2) is 71.1 Å². The number of nitrogens with zero attached hydrogens (tertiary/aromatic N) is 5. The van der Waals surface area contributed by atoms with Crippen LogP contribution in [0, 0.1) is 11.7 Å². The predicted octanol–water partition coefficient (Wildman–Crippen LogP) is 3.08. The Labute approximate surface area is 197 Å². The molecule has 0 spiro atoms. The van der Waals surface area contributed by atoms with Gasteiger partial charge in [0.2, 0.25) is 5.91 Å². The number of halogens is 1. The third-order valence-electron chi connectivity index (χ3n) is 6.50. The monoisotopic (exact) mass is 463 g/mol. The number of amides is 2. The Bertz CT molecular complexity index is 1130. The van der Waals surface area contributed by atoms with Gasteiger partial charge in [0, 0.05) is 44.8 Å². The Hall–Kier alpha value is -3.75. The van der Waals surface area contributed by atoms with Gasteiger partial charge in [-0.05, 0) is 61.4 Å². The van der Waals surface area contributed by atoms with Crippen molar-refractivity contribution in [1.82, 2.24) is 20.0 Å². The minimum absolute atomic E-state index is 0.111. The van der Waals surface area contributed by atoms with E-state index in [0.29, 0.717) is 44.2 Å². The molecule has 2 aliphatic rings. The molecule has 2 fully saturated rings. The fraction of sp³-hybridized carbons (Fsp3) is 0.360. The molecule has 4 heterocycles. The Kier molecular flexibility index (Phi) is 6.24. The number of benzene rings is 1. The summed E-state index contributed by atoms with van der Waals surface area (Å²) >= 11 is 0. The molecule has 2 amide bonds. The van der Waals surface area contributed by atoms with Gasteiger partial charge in [-0.25, -0.2) is 4.39 Å². The summed E-state index contributed by atoms with van der Waals surface area (Å²) in [6.07, 6.45) is 3.22. The van der Waals surface area contributed by atoms with Crippen molar-refractivity contribution in [2.75, 3.05) is 44.2 Å². The van der Waals surface area contributed by atoms with Gasteiger partial charge in [-0.2, -0.15) is 0 Å². The van der Waals surface area contributed by atoms with E-state index >= 15 is 0 Å². The Balaban J connectivity index is 1.18. The van der Waals surface area contributed by atoms with Crippen molar-refractivity contribution < 1.29 is 18.4 Å². The predicted molar refractivity (Wildman–Crippen MR) is 124 cm³/mol. The molecule has 2 saturated heterocycles. The molecule has 5 rings (SSSR count). The van der Waals surface area contributed by atoms with E-state index in [1.54, 1.807) is 29.2 Å². The molecule has 8 nitrogen and oxygen atoms in total. The van der Waals surface area contributed by atoms with Crippen LogP contribution in [0.2, 0.25) is 0 Å². The van der Waals surface area contributed by atoms with Crippen molar-refractivity contribution in [2.24, 2.45) is 5.92 Å². The molecule has 0 N–H and O–H groups in total. The zero-order valence-corrected chi connectivity index (χ0v) is 18.8. The molecule has 0 radical (unpaired) electrons. The van der Waals surface area contributed by atoms with Crippen LogP contribution in [0.1, 0.15) is 23.4 Å². The number of piperazine rings is 1. The first kappa shape index (κ1) is 22.1. The van der Waals surface area contributed by atoms with Gasteiger partial charge in [0.25, 0.3) is 5.91 Å². The topological polar surface area (TPSA) is 82.8 Å². The minimum atomic E-state index is -0.289. The van der Waals surface area contributed by atoms with Crippen molar-refractivity contribution in [3.63, 3.8) is 0 Å². The maximum atomic E-state index is 13.2. The van der Waals surface area contributed by atoms with Crippen molar-refractivity contribution in [3.8, 4) is 11.3 Å². The quantitative estimate of drug-likeness (QED) is 0.592.